The van der Waals surface area contributed by atoms with E-state index in [0.717, 1.165) is 20.5 Å². The third-order valence-corrected chi connectivity index (χ3v) is 4.90. The maximum Gasteiger partial charge on any atom is 0.257 e. The van der Waals surface area contributed by atoms with Crippen LogP contribution in [0.1, 0.15) is 31.9 Å². The number of amides is 1. The van der Waals surface area contributed by atoms with Crippen molar-refractivity contribution in [3.05, 3.63) is 49.8 Å². The summed E-state index contributed by atoms with van der Waals surface area (Å²) in [4.78, 5) is 13.4. The Hall–Kier alpha value is -1.64. The third kappa shape index (κ3) is 2.77. The summed E-state index contributed by atoms with van der Waals surface area (Å²) in [6.45, 7) is 5.77. The monoisotopic (exact) mass is 348 g/mol. The lowest BCUT2D eigenvalue weighted by Gasteiger charge is -2.06. The second-order valence-electron chi connectivity index (χ2n) is 4.54. The maximum absolute atomic E-state index is 12.3. The third-order valence-electron chi connectivity index (χ3n) is 3.09. The van der Waals surface area contributed by atoms with E-state index in [1.54, 1.807) is 0 Å². The van der Waals surface area contributed by atoms with Crippen LogP contribution in [-0.4, -0.2) is 5.91 Å². The van der Waals surface area contributed by atoms with Gasteiger partial charge in [0.2, 0.25) is 0 Å². The molecule has 0 aliphatic carbocycles. The molecule has 5 heteroatoms. The van der Waals surface area contributed by atoms with E-state index in [4.69, 9.17) is 0 Å². The molecule has 1 aromatic heterocycles. The van der Waals surface area contributed by atoms with Gasteiger partial charge in [0.1, 0.15) is 11.1 Å². The van der Waals surface area contributed by atoms with Crippen LogP contribution in [0.25, 0.3) is 0 Å². The predicted octanol–water partition coefficient (Wildman–Crippen LogP) is 4.56. The first-order chi connectivity index (χ1) is 9.43. The van der Waals surface area contributed by atoms with Crippen LogP contribution >= 0.6 is 27.3 Å². The van der Waals surface area contributed by atoms with Crippen LogP contribution in [-0.2, 0) is 0 Å². The first-order valence-electron chi connectivity index (χ1n) is 6.01. The molecule has 2 rings (SSSR count). The van der Waals surface area contributed by atoms with E-state index >= 15 is 0 Å². The van der Waals surface area contributed by atoms with Crippen LogP contribution in [0.4, 0.5) is 5.00 Å². The summed E-state index contributed by atoms with van der Waals surface area (Å²) in [6, 6.07) is 7.75. The zero-order valence-corrected chi connectivity index (χ0v) is 13.8. The number of nitrogens with one attached hydrogen (secondary N) is 1. The van der Waals surface area contributed by atoms with Gasteiger partial charge in [0, 0.05) is 9.35 Å². The molecular formula is C15H13BrN2OS. The van der Waals surface area contributed by atoms with Crippen molar-refractivity contribution in [1.82, 2.24) is 0 Å². The molecule has 0 aliphatic heterocycles. The first kappa shape index (κ1) is 14.8. The van der Waals surface area contributed by atoms with E-state index in [2.05, 4.69) is 27.3 Å². The van der Waals surface area contributed by atoms with Crippen molar-refractivity contribution in [2.75, 3.05) is 5.32 Å². The van der Waals surface area contributed by atoms with Gasteiger partial charge in [-0.1, -0.05) is 11.6 Å². The summed E-state index contributed by atoms with van der Waals surface area (Å²) in [5, 5.41) is 12.6. The number of rotatable bonds is 2. The molecule has 1 N–H and O–H groups in total. The zero-order chi connectivity index (χ0) is 14.9. The van der Waals surface area contributed by atoms with E-state index in [9.17, 15) is 10.1 Å². The lowest BCUT2D eigenvalue weighted by atomic mass is 10.1. The predicted molar refractivity (Wildman–Crippen MR) is 85.3 cm³/mol. The van der Waals surface area contributed by atoms with Crippen LogP contribution < -0.4 is 5.32 Å². The van der Waals surface area contributed by atoms with Crippen LogP contribution in [0.5, 0.6) is 0 Å². The Balaban J connectivity index is 2.36. The lowest BCUT2D eigenvalue weighted by molar-refractivity contribution is 0.102. The molecular weight excluding hydrogens is 336 g/mol. The molecule has 0 atom stereocenters. The average molecular weight is 349 g/mol. The second-order valence-corrected chi connectivity index (χ2v) is 6.62. The molecule has 0 saturated carbocycles. The number of hydrogen-bond acceptors (Lipinski definition) is 3. The highest BCUT2D eigenvalue weighted by Crippen LogP contribution is 2.32. The molecule has 0 fully saturated rings. The van der Waals surface area contributed by atoms with Gasteiger partial charge in [-0.2, -0.15) is 5.26 Å². The number of thiophene rings is 1. The van der Waals surface area contributed by atoms with Gasteiger partial charge in [-0.15, -0.1) is 11.3 Å². The van der Waals surface area contributed by atoms with Crippen molar-refractivity contribution in [1.29, 1.82) is 5.26 Å². The van der Waals surface area contributed by atoms with E-state index in [1.165, 1.54) is 11.3 Å². The average Bonchev–Trinajstić information content (AvgIpc) is 2.67. The molecule has 0 saturated heterocycles. The van der Waals surface area contributed by atoms with Crippen molar-refractivity contribution in [2.45, 2.75) is 20.8 Å². The van der Waals surface area contributed by atoms with Gasteiger partial charge in [-0.25, -0.2) is 0 Å². The van der Waals surface area contributed by atoms with E-state index < -0.39 is 0 Å². The number of hydrogen-bond donors (Lipinski definition) is 1. The maximum atomic E-state index is 12.3. The SMILES string of the molecule is Cc1ccc(Br)c(C(=O)Nc2sc(C)c(C)c2C#N)c1. The number of nitrogens with zero attached hydrogens (tertiary/aromatic N) is 1. The van der Waals surface area contributed by atoms with E-state index in [0.29, 0.717) is 16.1 Å². The van der Waals surface area contributed by atoms with Crippen LogP contribution in [0.15, 0.2) is 22.7 Å². The highest BCUT2D eigenvalue weighted by Gasteiger charge is 2.17. The molecule has 0 aliphatic rings. The fourth-order valence-corrected chi connectivity index (χ4v) is 3.27. The minimum absolute atomic E-state index is 0.210. The van der Waals surface area contributed by atoms with Gasteiger partial charge in [0.05, 0.1) is 11.1 Å². The minimum atomic E-state index is -0.210. The number of aryl methyl sites for hydroxylation is 2. The van der Waals surface area contributed by atoms with Gasteiger partial charge in [-0.05, 0) is 54.4 Å². The second kappa shape index (κ2) is 5.78. The number of benzene rings is 1. The normalized spacial score (nSPS) is 10.2. The summed E-state index contributed by atoms with van der Waals surface area (Å²) in [5.41, 5.74) is 3.05. The molecule has 0 bridgehead atoms. The fourth-order valence-electron chi connectivity index (χ4n) is 1.83. The van der Waals surface area contributed by atoms with Gasteiger partial charge in [0.15, 0.2) is 0 Å². The summed E-state index contributed by atoms with van der Waals surface area (Å²) in [6.07, 6.45) is 0. The Morgan fingerprint density at radius 1 is 1.35 bits per heavy atom. The Morgan fingerprint density at radius 3 is 2.70 bits per heavy atom. The van der Waals surface area contributed by atoms with Gasteiger partial charge in [0.25, 0.3) is 5.91 Å². The Labute approximate surface area is 130 Å². The Bertz CT molecular complexity index is 728. The quantitative estimate of drug-likeness (QED) is 0.864. The summed E-state index contributed by atoms with van der Waals surface area (Å²) >= 11 is 4.81. The molecule has 1 aromatic carbocycles. The van der Waals surface area contributed by atoms with Gasteiger partial charge in [-0.3, -0.25) is 4.79 Å². The summed E-state index contributed by atoms with van der Waals surface area (Å²) in [7, 11) is 0. The van der Waals surface area contributed by atoms with Crippen LogP contribution in [0, 0.1) is 32.1 Å². The van der Waals surface area contributed by atoms with Gasteiger partial charge >= 0.3 is 0 Å². The van der Waals surface area contributed by atoms with Crippen molar-refractivity contribution >= 4 is 38.2 Å². The number of anilines is 1. The Morgan fingerprint density at radius 2 is 2.05 bits per heavy atom. The van der Waals surface area contributed by atoms with Crippen LogP contribution in [0.2, 0.25) is 0 Å². The van der Waals surface area contributed by atoms with Crippen molar-refractivity contribution in [2.24, 2.45) is 0 Å². The standard InChI is InChI=1S/C15H13BrN2OS/c1-8-4-5-13(16)11(6-8)14(19)18-15-12(7-17)9(2)10(3)20-15/h4-6H,1-3H3,(H,18,19). The van der Waals surface area contributed by atoms with E-state index in [-0.39, 0.29) is 5.91 Å². The lowest BCUT2D eigenvalue weighted by Crippen LogP contribution is -2.12. The fraction of sp³-hybridized carbons (Fsp3) is 0.200. The molecule has 20 heavy (non-hydrogen) atoms. The number of carbonyl (C=O) groups excluding carboxylic acids is 1. The van der Waals surface area contributed by atoms with Crippen molar-refractivity contribution < 1.29 is 4.79 Å². The highest BCUT2D eigenvalue weighted by molar-refractivity contribution is 9.10. The molecule has 0 spiro atoms. The molecule has 102 valence electrons. The highest BCUT2D eigenvalue weighted by atomic mass is 79.9. The van der Waals surface area contributed by atoms with Crippen LogP contribution in [0.3, 0.4) is 0 Å². The Kier molecular flexibility index (Phi) is 4.26. The number of halogens is 1. The molecule has 1 amide bonds. The summed E-state index contributed by atoms with van der Waals surface area (Å²) in [5.74, 6) is -0.210. The topological polar surface area (TPSA) is 52.9 Å². The zero-order valence-electron chi connectivity index (χ0n) is 11.4. The first-order valence-corrected chi connectivity index (χ1v) is 7.62. The molecule has 2 aromatic rings. The smallest absolute Gasteiger partial charge is 0.257 e. The van der Waals surface area contributed by atoms with Crippen molar-refractivity contribution in [3.8, 4) is 6.07 Å². The molecule has 0 unspecified atom stereocenters. The van der Waals surface area contributed by atoms with Crippen molar-refractivity contribution in [3.63, 3.8) is 0 Å². The summed E-state index contributed by atoms with van der Waals surface area (Å²) < 4.78 is 0.740. The minimum Gasteiger partial charge on any atom is -0.312 e. The largest absolute Gasteiger partial charge is 0.312 e. The number of carbonyl (C=O) groups is 1. The van der Waals surface area contributed by atoms with Gasteiger partial charge < -0.3 is 5.32 Å². The number of nitriles is 1. The molecule has 1 heterocycles. The van der Waals surface area contributed by atoms with E-state index in [1.807, 2.05) is 39.0 Å². The molecule has 3 nitrogen and oxygen atoms in total. The molecule has 0 radical (unpaired) electrons.